The van der Waals surface area contributed by atoms with Gasteiger partial charge in [-0.05, 0) is 36.1 Å². The van der Waals surface area contributed by atoms with Gasteiger partial charge in [0.2, 0.25) is 0 Å². The second-order valence-corrected chi connectivity index (χ2v) is 7.89. The molecule has 0 saturated carbocycles. The highest BCUT2D eigenvalue weighted by atomic mass is 16.5. The number of phenols is 1. The fourth-order valence-corrected chi connectivity index (χ4v) is 3.17. The van der Waals surface area contributed by atoms with Crippen molar-refractivity contribution in [2.75, 3.05) is 19.8 Å². The zero-order chi connectivity index (χ0) is 21.3. The lowest BCUT2D eigenvalue weighted by atomic mass is 9.84. The summed E-state index contributed by atoms with van der Waals surface area (Å²) < 4.78 is 5.81. The van der Waals surface area contributed by atoms with Crippen molar-refractivity contribution in [2.24, 2.45) is 0 Å². The van der Waals surface area contributed by atoms with Gasteiger partial charge in [0.1, 0.15) is 5.75 Å². The second-order valence-electron chi connectivity index (χ2n) is 7.89. The average molecular weight is 399 g/mol. The van der Waals surface area contributed by atoms with Crippen LogP contribution in [-0.4, -0.2) is 30.9 Å². The molecule has 0 radical (unpaired) electrons. The fraction of sp³-hybridized carbons (Fsp3) is 0.458. The minimum Gasteiger partial charge on any atom is -0.507 e. The molecular formula is C24H34N2O3. The summed E-state index contributed by atoms with van der Waals surface area (Å²) in [7, 11) is 0. The highest BCUT2D eigenvalue weighted by Crippen LogP contribution is 2.35. The summed E-state index contributed by atoms with van der Waals surface area (Å²) in [5.41, 5.74) is 3.45. The Morgan fingerprint density at radius 2 is 1.83 bits per heavy atom. The Hall–Kier alpha value is -2.53. The van der Waals surface area contributed by atoms with Crippen LogP contribution >= 0.6 is 0 Å². The molecule has 0 aliphatic carbocycles. The summed E-state index contributed by atoms with van der Waals surface area (Å²) >= 11 is 0. The molecule has 0 bridgehead atoms. The molecule has 5 nitrogen and oxygen atoms in total. The molecule has 0 heterocycles. The number of hydrogen-bond donors (Lipinski definition) is 3. The van der Waals surface area contributed by atoms with Gasteiger partial charge in [-0.15, -0.1) is 0 Å². The van der Waals surface area contributed by atoms with Gasteiger partial charge in [0, 0.05) is 30.7 Å². The van der Waals surface area contributed by atoms with Gasteiger partial charge in [0.05, 0.1) is 6.61 Å². The molecule has 0 aromatic heterocycles. The number of benzene rings is 2. The molecule has 2 amide bonds. The summed E-state index contributed by atoms with van der Waals surface area (Å²) in [6, 6.07) is 13.4. The molecule has 2 rings (SSSR count). The van der Waals surface area contributed by atoms with Gasteiger partial charge in [-0.3, -0.25) is 0 Å². The van der Waals surface area contributed by atoms with E-state index in [1.165, 1.54) is 0 Å². The van der Waals surface area contributed by atoms with Gasteiger partial charge >= 0.3 is 6.03 Å². The Labute approximate surface area is 174 Å². The molecule has 0 spiro atoms. The standard InChI is InChI=1S/C24H34N2O3/c1-5-7-14-29-17-24(3,4)19-12-13-21(22(27)15-19)20-11-9-8-10-18(20)16-26-23(28)25-6-2/h8-13,15,27H,5-7,14,16-17H2,1-4H3,(H2,25,26,28). The number of carbonyl (C=O) groups is 1. The maximum atomic E-state index is 11.7. The van der Waals surface area contributed by atoms with Crippen molar-refractivity contribution in [1.82, 2.24) is 10.6 Å². The van der Waals surface area contributed by atoms with Gasteiger partial charge in [0.15, 0.2) is 0 Å². The van der Waals surface area contributed by atoms with Crippen molar-refractivity contribution in [2.45, 2.75) is 52.5 Å². The number of urea groups is 1. The lowest BCUT2D eigenvalue weighted by Crippen LogP contribution is -2.34. The van der Waals surface area contributed by atoms with E-state index in [4.69, 9.17) is 4.74 Å². The number of amides is 2. The number of ether oxygens (including phenoxy) is 1. The summed E-state index contributed by atoms with van der Waals surface area (Å²) in [5.74, 6) is 0.231. The monoisotopic (exact) mass is 398 g/mol. The molecule has 2 aromatic rings. The second kappa shape index (κ2) is 10.9. The first-order chi connectivity index (χ1) is 13.9. The fourth-order valence-electron chi connectivity index (χ4n) is 3.17. The van der Waals surface area contributed by atoms with E-state index in [0.717, 1.165) is 41.7 Å². The Morgan fingerprint density at radius 3 is 2.52 bits per heavy atom. The lowest BCUT2D eigenvalue weighted by molar-refractivity contribution is 0.0924. The summed E-state index contributed by atoms with van der Waals surface area (Å²) in [6.07, 6.45) is 2.17. The molecule has 3 N–H and O–H groups in total. The topological polar surface area (TPSA) is 70.6 Å². The van der Waals surface area contributed by atoms with Crippen LogP contribution in [0.25, 0.3) is 11.1 Å². The summed E-state index contributed by atoms with van der Waals surface area (Å²) in [5, 5.41) is 16.3. The lowest BCUT2D eigenvalue weighted by Gasteiger charge is -2.26. The molecule has 2 aromatic carbocycles. The number of nitrogens with one attached hydrogen (secondary N) is 2. The highest BCUT2D eigenvalue weighted by molar-refractivity contribution is 5.76. The molecule has 0 fully saturated rings. The van der Waals surface area contributed by atoms with Crippen LogP contribution in [0.1, 0.15) is 51.7 Å². The maximum Gasteiger partial charge on any atom is 0.315 e. The first-order valence-corrected chi connectivity index (χ1v) is 10.4. The largest absolute Gasteiger partial charge is 0.507 e. The van der Waals surface area contributed by atoms with Crippen molar-refractivity contribution in [3.63, 3.8) is 0 Å². The minimum absolute atomic E-state index is 0.191. The zero-order valence-corrected chi connectivity index (χ0v) is 18.0. The van der Waals surface area contributed by atoms with Crippen LogP contribution in [0.4, 0.5) is 4.79 Å². The number of aromatic hydroxyl groups is 1. The number of rotatable bonds is 10. The van der Waals surface area contributed by atoms with Crippen molar-refractivity contribution < 1.29 is 14.6 Å². The highest BCUT2D eigenvalue weighted by Gasteiger charge is 2.22. The quantitative estimate of drug-likeness (QED) is 0.495. The smallest absolute Gasteiger partial charge is 0.315 e. The SMILES string of the molecule is CCCCOCC(C)(C)c1ccc(-c2ccccc2CNC(=O)NCC)c(O)c1. The Balaban J connectivity index is 2.19. The molecule has 0 unspecified atom stereocenters. The number of unbranched alkanes of at least 4 members (excludes halogenated alkanes) is 1. The third-order valence-corrected chi connectivity index (χ3v) is 4.97. The molecule has 0 aliphatic heterocycles. The van der Waals surface area contributed by atoms with Crippen molar-refractivity contribution in [3.05, 3.63) is 53.6 Å². The van der Waals surface area contributed by atoms with E-state index in [2.05, 4.69) is 31.4 Å². The van der Waals surface area contributed by atoms with Gasteiger partial charge in [-0.25, -0.2) is 4.79 Å². The van der Waals surface area contributed by atoms with Crippen molar-refractivity contribution >= 4 is 6.03 Å². The predicted molar refractivity (Wildman–Crippen MR) is 118 cm³/mol. The molecule has 0 aliphatic rings. The van der Waals surface area contributed by atoms with Crippen molar-refractivity contribution in [3.8, 4) is 16.9 Å². The van der Waals surface area contributed by atoms with E-state index >= 15 is 0 Å². The van der Waals surface area contributed by atoms with E-state index in [9.17, 15) is 9.90 Å². The van der Waals surface area contributed by atoms with Gasteiger partial charge in [0.25, 0.3) is 0 Å². The molecule has 29 heavy (non-hydrogen) atoms. The van der Waals surface area contributed by atoms with Crippen LogP contribution in [-0.2, 0) is 16.7 Å². The summed E-state index contributed by atoms with van der Waals surface area (Å²) in [4.78, 5) is 11.7. The molecular weight excluding hydrogens is 364 g/mol. The average Bonchev–Trinajstić information content (AvgIpc) is 2.70. The number of phenolic OH excluding ortho intramolecular Hbond substituents is 1. The third-order valence-electron chi connectivity index (χ3n) is 4.97. The molecule has 5 heteroatoms. The molecule has 0 atom stereocenters. The first-order valence-electron chi connectivity index (χ1n) is 10.4. The summed E-state index contributed by atoms with van der Waals surface area (Å²) in [6.45, 7) is 10.6. The Kier molecular flexibility index (Phi) is 8.52. The predicted octanol–water partition coefficient (Wildman–Crippen LogP) is 4.97. The van der Waals surface area contributed by atoms with E-state index in [1.54, 1.807) is 0 Å². The maximum absolute atomic E-state index is 11.7. The van der Waals surface area contributed by atoms with E-state index in [0.29, 0.717) is 19.7 Å². The minimum atomic E-state index is -0.202. The van der Waals surface area contributed by atoms with Crippen LogP contribution in [0.5, 0.6) is 5.75 Å². The molecule has 0 saturated heterocycles. The van der Waals surface area contributed by atoms with Crippen LogP contribution < -0.4 is 10.6 Å². The normalized spacial score (nSPS) is 11.3. The zero-order valence-electron chi connectivity index (χ0n) is 18.0. The first kappa shape index (κ1) is 22.8. The van der Waals surface area contributed by atoms with E-state index in [-0.39, 0.29) is 17.2 Å². The number of carbonyl (C=O) groups excluding carboxylic acids is 1. The molecule has 158 valence electrons. The number of hydrogen-bond acceptors (Lipinski definition) is 3. The van der Waals surface area contributed by atoms with Crippen LogP contribution in [0.2, 0.25) is 0 Å². The Morgan fingerprint density at radius 1 is 1.07 bits per heavy atom. The van der Waals surface area contributed by atoms with Crippen LogP contribution in [0.15, 0.2) is 42.5 Å². The van der Waals surface area contributed by atoms with E-state index < -0.39 is 0 Å². The van der Waals surface area contributed by atoms with Gasteiger partial charge in [-0.2, -0.15) is 0 Å². The van der Waals surface area contributed by atoms with Crippen LogP contribution in [0, 0.1) is 0 Å². The van der Waals surface area contributed by atoms with E-state index in [1.807, 2.05) is 49.4 Å². The Bertz CT molecular complexity index is 802. The van der Waals surface area contributed by atoms with Crippen LogP contribution in [0.3, 0.4) is 0 Å². The van der Waals surface area contributed by atoms with Crippen molar-refractivity contribution in [1.29, 1.82) is 0 Å². The van der Waals surface area contributed by atoms with Gasteiger partial charge < -0.3 is 20.5 Å². The third kappa shape index (κ3) is 6.50. The van der Waals surface area contributed by atoms with Gasteiger partial charge in [-0.1, -0.05) is 63.6 Å².